The van der Waals surface area contributed by atoms with Crippen molar-refractivity contribution in [2.75, 3.05) is 0 Å². The van der Waals surface area contributed by atoms with Crippen LogP contribution in [0.2, 0.25) is 5.28 Å². The van der Waals surface area contributed by atoms with Gasteiger partial charge in [-0.05, 0) is 17.7 Å². The third-order valence-electron chi connectivity index (χ3n) is 2.17. The van der Waals surface area contributed by atoms with Crippen LogP contribution in [0.3, 0.4) is 0 Å². The first kappa shape index (κ1) is 11.4. The quantitative estimate of drug-likeness (QED) is 0.761. The van der Waals surface area contributed by atoms with Gasteiger partial charge in [0.25, 0.3) is 0 Å². The van der Waals surface area contributed by atoms with E-state index in [1.54, 1.807) is 18.5 Å². The normalized spacial score (nSPS) is 10.1. The van der Waals surface area contributed by atoms with Crippen LogP contribution in [0, 0.1) is 11.3 Å². The van der Waals surface area contributed by atoms with Crippen molar-refractivity contribution in [2.24, 2.45) is 0 Å². The first-order valence-electron chi connectivity index (χ1n) is 4.86. The Balaban J connectivity index is 2.38. The Bertz CT molecular complexity index is 624. The van der Waals surface area contributed by atoms with E-state index in [2.05, 4.69) is 9.97 Å². The van der Waals surface area contributed by atoms with E-state index >= 15 is 0 Å². The molecule has 0 aliphatic carbocycles. The smallest absolute Gasteiger partial charge is 0.298 e. The molecular formula is C10H8ClN5O. The number of aromatic nitrogens is 4. The lowest BCUT2D eigenvalue weighted by Gasteiger charge is -1.99. The summed E-state index contributed by atoms with van der Waals surface area (Å²) in [7, 11) is 0. The van der Waals surface area contributed by atoms with Crippen molar-refractivity contribution in [1.82, 2.24) is 19.1 Å². The largest absolute Gasteiger partial charge is 0.333 e. The van der Waals surface area contributed by atoms with Gasteiger partial charge in [0.1, 0.15) is 5.82 Å². The zero-order chi connectivity index (χ0) is 12.3. The highest BCUT2D eigenvalue weighted by Crippen LogP contribution is 2.04. The molecular weight excluding hydrogens is 242 g/mol. The van der Waals surface area contributed by atoms with Crippen LogP contribution in [0.15, 0.2) is 29.5 Å². The molecule has 0 aromatic carbocycles. The standard InChI is InChI=1S/C10H8ClN5O/c11-9-13-4-2-8(14-9)16-7-6-15(10(16)17)5-1-3-12/h2,4,6-7H,1,5H2. The number of nitrogens with zero attached hydrogens (tertiary/aromatic N) is 5. The van der Waals surface area contributed by atoms with Gasteiger partial charge in [0, 0.05) is 25.1 Å². The zero-order valence-corrected chi connectivity index (χ0v) is 9.50. The molecule has 0 spiro atoms. The van der Waals surface area contributed by atoms with Gasteiger partial charge in [-0.1, -0.05) is 0 Å². The Morgan fingerprint density at radius 2 is 2.29 bits per heavy atom. The lowest BCUT2D eigenvalue weighted by molar-refractivity contribution is 0.674. The first-order valence-corrected chi connectivity index (χ1v) is 5.24. The van der Waals surface area contributed by atoms with Crippen molar-refractivity contribution >= 4 is 11.6 Å². The molecule has 0 fully saturated rings. The lowest BCUT2D eigenvalue weighted by Crippen LogP contribution is -2.23. The molecule has 7 heteroatoms. The molecule has 2 aromatic rings. The summed E-state index contributed by atoms with van der Waals surface area (Å²) in [6, 6.07) is 3.57. The van der Waals surface area contributed by atoms with Crippen LogP contribution < -0.4 is 5.69 Å². The van der Waals surface area contributed by atoms with Crippen LogP contribution in [0.1, 0.15) is 6.42 Å². The van der Waals surface area contributed by atoms with Crippen LogP contribution in [0.25, 0.3) is 5.82 Å². The van der Waals surface area contributed by atoms with E-state index in [1.807, 2.05) is 6.07 Å². The molecule has 2 heterocycles. The molecule has 17 heavy (non-hydrogen) atoms. The van der Waals surface area contributed by atoms with E-state index in [-0.39, 0.29) is 17.4 Å². The Morgan fingerprint density at radius 1 is 1.47 bits per heavy atom. The molecule has 0 N–H and O–H groups in total. The summed E-state index contributed by atoms with van der Waals surface area (Å²) < 4.78 is 2.80. The molecule has 0 amide bonds. The summed E-state index contributed by atoms with van der Waals surface area (Å²) in [6.07, 6.45) is 4.95. The molecule has 6 nitrogen and oxygen atoms in total. The fourth-order valence-corrected chi connectivity index (χ4v) is 1.53. The molecule has 0 saturated heterocycles. The van der Waals surface area contributed by atoms with Crippen molar-refractivity contribution in [3.8, 4) is 11.9 Å². The fourth-order valence-electron chi connectivity index (χ4n) is 1.39. The Morgan fingerprint density at radius 3 is 3.00 bits per heavy atom. The van der Waals surface area contributed by atoms with Crippen LogP contribution in [-0.4, -0.2) is 19.1 Å². The second-order valence-corrected chi connectivity index (χ2v) is 3.57. The second-order valence-electron chi connectivity index (χ2n) is 3.24. The van der Waals surface area contributed by atoms with E-state index < -0.39 is 0 Å². The SMILES string of the molecule is N#CCCn1ccn(-c2ccnc(Cl)n2)c1=O. The van der Waals surface area contributed by atoms with Gasteiger partial charge in [0.15, 0.2) is 0 Å². The minimum atomic E-state index is -0.255. The maximum atomic E-state index is 11.9. The molecule has 0 aliphatic rings. The number of rotatable bonds is 3. The average Bonchev–Trinajstić information content (AvgIpc) is 2.68. The third-order valence-corrected chi connectivity index (χ3v) is 2.35. The van der Waals surface area contributed by atoms with Gasteiger partial charge >= 0.3 is 5.69 Å². The van der Waals surface area contributed by atoms with Crippen molar-refractivity contribution in [1.29, 1.82) is 5.26 Å². The van der Waals surface area contributed by atoms with Crippen LogP contribution in [-0.2, 0) is 6.54 Å². The predicted octanol–water partition coefficient (Wildman–Crippen LogP) is 0.996. The minimum absolute atomic E-state index is 0.0826. The Hall–Kier alpha value is -2.13. The molecule has 0 saturated carbocycles. The van der Waals surface area contributed by atoms with Gasteiger partial charge in [-0.15, -0.1) is 0 Å². The van der Waals surface area contributed by atoms with Crippen molar-refractivity contribution in [3.63, 3.8) is 0 Å². The molecule has 0 atom stereocenters. The molecule has 2 aromatic heterocycles. The van der Waals surface area contributed by atoms with Gasteiger partial charge in [0.05, 0.1) is 12.5 Å². The summed E-state index contributed by atoms with van der Waals surface area (Å²) >= 11 is 5.65. The number of hydrogen-bond acceptors (Lipinski definition) is 4. The minimum Gasteiger partial charge on any atom is -0.298 e. The number of hydrogen-bond donors (Lipinski definition) is 0. The molecule has 0 bridgehead atoms. The van der Waals surface area contributed by atoms with Crippen LogP contribution >= 0.6 is 11.6 Å². The Labute approximate surface area is 102 Å². The summed E-state index contributed by atoms with van der Waals surface area (Å²) in [4.78, 5) is 19.6. The molecule has 0 unspecified atom stereocenters. The molecule has 0 radical (unpaired) electrons. The van der Waals surface area contributed by atoms with E-state index in [0.29, 0.717) is 12.4 Å². The number of halogens is 1. The van der Waals surface area contributed by atoms with E-state index in [0.717, 1.165) is 0 Å². The van der Waals surface area contributed by atoms with E-state index in [4.69, 9.17) is 16.9 Å². The van der Waals surface area contributed by atoms with E-state index in [9.17, 15) is 4.79 Å². The van der Waals surface area contributed by atoms with Crippen LogP contribution in [0.4, 0.5) is 0 Å². The summed E-state index contributed by atoms with van der Waals surface area (Å²) in [5.41, 5.74) is -0.255. The maximum absolute atomic E-state index is 11.9. The summed E-state index contributed by atoms with van der Waals surface area (Å²) in [5.74, 6) is 0.408. The van der Waals surface area contributed by atoms with Gasteiger partial charge in [-0.25, -0.2) is 9.78 Å². The second kappa shape index (κ2) is 4.80. The summed E-state index contributed by atoms with van der Waals surface area (Å²) in [6.45, 7) is 0.362. The number of aryl methyl sites for hydroxylation is 1. The molecule has 86 valence electrons. The van der Waals surface area contributed by atoms with Crippen LogP contribution in [0.5, 0.6) is 0 Å². The maximum Gasteiger partial charge on any atom is 0.333 e. The lowest BCUT2D eigenvalue weighted by atomic mass is 10.5. The predicted molar refractivity (Wildman–Crippen MR) is 60.9 cm³/mol. The van der Waals surface area contributed by atoms with Crippen molar-refractivity contribution in [2.45, 2.75) is 13.0 Å². The third kappa shape index (κ3) is 2.34. The topological polar surface area (TPSA) is 76.5 Å². The average molecular weight is 250 g/mol. The van der Waals surface area contributed by atoms with Gasteiger partial charge < -0.3 is 0 Å². The zero-order valence-electron chi connectivity index (χ0n) is 8.75. The van der Waals surface area contributed by atoms with Gasteiger partial charge in [0.2, 0.25) is 5.28 Å². The monoisotopic (exact) mass is 249 g/mol. The highest BCUT2D eigenvalue weighted by molar-refractivity contribution is 6.28. The van der Waals surface area contributed by atoms with Crippen molar-refractivity contribution in [3.05, 3.63) is 40.4 Å². The number of imidazole rings is 1. The molecule has 0 aliphatic heterocycles. The highest BCUT2D eigenvalue weighted by Gasteiger charge is 2.06. The summed E-state index contributed by atoms with van der Waals surface area (Å²) in [5, 5.41) is 8.55. The van der Waals surface area contributed by atoms with Gasteiger partial charge in [-0.3, -0.25) is 9.13 Å². The van der Waals surface area contributed by atoms with Gasteiger partial charge in [-0.2, -0.15) is 10.2 Å². The number of nitriles is 1. The molecule has 2 rings (SSSR count). The highest BCUT2D eigenvalue weighted by atomic mass is 35.5. The van der Waals surface area contributed by atoms with Crippen molar-refractivity contribution < 1.29 is 0 Å². The fraction of sp³-hybridized carbons (Fsp3) is 0.200. The first-order chi connectivity index (χ1) is 8.22. The Kier molecular flexibility index (Phi) is 3.21. The van der Waals surface area contributed by atoms with E-state index in [1.165, 1.54) is 15.3 Å².